The van der Waals surface area contributed by atoms with Crippen molar-refractivity contribution in [1.82, 2.24) is 5.32 Å². The lowest BCUT2D eigenvalue weighted by atomic mass is 10.1. The van der Waals surface area contributed by atoms with Gasteiger partial charge in [0.25, 0.3) is 0 Å². The van der Waals surface area contributed by atoms with Crippen LogP contribution in [0.5, 0.6) is 0 Å². The Morgan fingerprint density at radius 1 is 1.33 bits per heavy atom. The minimum absolute atomic E-state index is 0.0367. The Morgan fingerprint density at radius 2 is 2.00 bits per heavy atom. The van der Waals surface area contributed by atoms with Gasteiger partial charge in [-0.2, -0.15) is 0 Å². The molecule has 1 unspecified atom stereocenters. The highest BCUT2D eigenvalue weighted by molar-refractivity contribution is 6.30. The van der Waals surface area contributed by atoms with E-state index >= 15 is 0 Å². The molecule has 3 heteroatoms. The van der Waals surface area contributed by atoms with E-state index < -0.39 is 0 Å². The largest absolute Gasteiger partial charge is 0.352 e. The van der Waals surface area contributed by atoms with Crippen molar-refractivity contribution in [1.29, 1.82) is 0 Å². The number of carbonyl (C=O) groups excluding carboxylic acids is 1. The van der Waals surface area contributed by atoms with Gasteiger partial charge >= 0.3 is 0 Å². The highest BCUT2D eigenvalue weighted by Crippen LogP contribution is 2.20. The lowest BCUT2D eigenvalue weighted by Gasteiger charge is -2.09. The fourth-order valence-electron chi connectivity index (χ4n) is 1.58. The molecule has 0 aromatic rings. The number of hydrogen-bond acceptors (Lipinski definition) is 1. The van der Waals surface area contributed by atoms with Crippen LogP contribution < -0.4 is 5.32 Å². The summed E-state index contributed by atoms with van der Waals surface area (Å²) in [4.78, 5) is 11.5. The van der Waals surface area contributed by atoms with Crippen LogP contribution >= 0.6 is 11.6 Å². The third kappa shape index (κ3) is 6.03. The first-order valence-electron chi connectivity index (χ1n) is 6.18. The van der Waals surface area contributed by atoms with Gasteiger partial charge in [-0.15, -0.1) is 11.6 Å². The van der Waals surface area contributed by atoms with Gasteiger partial charge in [-0.05, 0) is 19.3 Å². The van der Waals surface area contributed by atoms with Crippen molar-refractivity contribution in [3.8, 4) is 0 Å². The Hall–Kier alpha value is -0.240. The van der Waals surface area contributed by atoms with E-state index in [0.29, 0.717) is 6.04 Å². The molecule has 0 aromatic carbocycles. The molecule has 0 heterocycles. The van der Waals surface area contributed by atoms with Crippen LogP contribution in [0.4, 0.5) is 0 Å². The molecule has 1 aliphatic rings. The van der Waals surface area contributed by atoms with Crippen molar-refractivity contribution in [3.05, 3.63) is 0 Å². The van der Waals surface area contributed by atoms with Gasteiger partial charge in [-0.3, -0.25) is 4.79 Å². The van der Waals surface area contributed by atoms with Crippen molar-refractivity contribution in [2.24, 2.45) is 0 Å². The number of halogens is 1. The number of alkyl halides is 1. The summed E-state index contributed by atoms with van der Waals surface area (Å²) >= 11 is 6.00. The van der Waals surface area contributed by atoms with Gasteiger partial charge in [-0.1, -0.05) is 39.0 Å². The first kappa shape index (κ1) is 12.8. The second-order valence-electron chi connectivity index (χ2n) is 4.45. The van der Waals surface area contributed by atoms with Gasteiger partial charge in [-0.25, -0.2) is 0 Å². The monoisotopic (exact) mass is 231 g/mol. The fourth-order valence-corrected chi connectivity index (χ4v) is 1.79. The first-order chi connectivity index (χ1) is 7.24. The summed E-state index contributed by atoms with van der Waals surface area (Å²) in [6.45, 7) is 2.20. The highest BCUT2D eigenvalue weighted by atomic mass is 35.5. The second kappa shape index (κ2) is 7.10. The second-order valence-corrected chi connectivity index (χ2v) is 4.98. The molecule has 1 aliphatic carbocycles. The van der Waals surface area contributed by atoms with E-state index in [4.69, 9.17) is 11.6 Å². The summed E-state index contributed by atoms with van der Waals surface area (Å²) < 4.78 is 0. The standard InChI is InChI=1S/C12H22ClNO/c1-2-3-4-5-6-7-11(13)12(15)14-10-8-9-10/h10-11H,2-9H2,1H3,(H,14,15). The molecular formula is C12H22ClNO. The molecule has 0 aliphatic heterocycles. The molecular weight excluding hydrogens is 210 g/mol. The number of nitrogens with one attached hydrogen (secondary N) is 1. The van der Waals surface area contributed by atoms with Gasteiger partial charge in [0.15, 0.2) is 0 Å². The Morgan fingerprint density at radius 3 is 2.60 bits per heavy atom. The maximum absolute atomic E-state index is 11.5. The van der Waals surface area contributed by atoms with E-state index in [1.165, 1.54) is 25.7 Å². The highest BCUT2D eigenvalue weighted by Gasteiger charge is 2.26. The molecule has 1 amide bonds. The number of carbonyl (C=O) groups is 1. The average molecular weight is 232 g/mol. The van der Waals surface area contributed by atoms with E-state index in [-0.39, 0.29) is 11.3 Å². The summed E-state index contributed by atoms with van der Waals surface area (Å²) in [5.41, 5.74) is 0. The van der Waals surface area contributed by atoms with Crippen LogP contribution in [0.25, 0.3) is 0 Å². The Kier molecular flexibility index (Phi) is 6.07. The van der Waals surface area contributed by atoms with Crippen LogP contribution in [-0.2, 0) is 4.79 Å². The lowest BCUT2D eigenvalue weighted by molar-refractivity contribution is -0.121. The molecule has 1 atom stereocenters. The predicted molar refractivity (Wildman–Crippen MR) is 64.2 cm³/mol. The first-order valence-corrected chi connectivity index (χ1v) is 6.62. The van der Waals surface area contributed by atoms with Crippen molar-refractivity contribution in [2.75, 3.05) is 0 Å². The van der Waals surface area contributed by atoms with E-state index in [1.54, 1.807) is 0 Å². The number of hydrogen-bond donors (Lipinski definition) is 1. The van der Waals surface area contributed by atoms with Crippen LogP contribution in [0.2, 0.25) is 0 Å². The van der Waals surface area contributed by atoms with Crippen molar-refractivity contribution in [2.45, 2.75) is 69.7 Å². The van der Waals surface area contributed by atoms with Gasteiger partial charge in [0, 0.05) is 6.04 Å². The topological polar surface area (TPSA) is 29.1 Å². The predicted octanol–water partition coefficient (Wildman–Crippen LogP) is 3.23. The van der Waals surface area contributed by atoms with E-state index in [9.17, 15) is 4.79 Å². The SMILES string of the molecule is CCCCCCCC(Cl)C(=O)NC1CC1. The van der Waals surface area contributed by atoms with Crippen LogP contribution in [0.3, 0.4) is 0 Å². The normalized spacial score (nSPS) is 17.5. The molecule has 2 nitrogen and oxygen atoms in total. The zero-order chi connectivity index (χ0) is 11.1. The zero-order valence-electron chi connectivity index (χ0n) is 9.60. The molecule has 0 radical (unpaired) electrons. The van der Waals surface area contributed by atoms with E-state index in [1.807, 2.05) is 0 Å². The van der Waals surface area contributed by atoms with Gasteiger partial charge in [0.1, 0.15) is 5.38 Å². The number of rotatable bonds is 8. The number of amides is 1. The molecule has 15 heavy (non-hydrogen) atoms. The fraction of sp³-hybridized carbons (Fsp3) is 0.917. The molecule has 88 valence electrons. The third-order valence-corrected chi connectivity index (χ3v) is 3.19. The summed E-state index contributed by atoms with van der Waals surface area (Å²) in [6, 6.07) is 0.429. The van der Waals surface area contributed by atoms with Crippen molar-refractivity contribution < 1.29 is 4.79 Å². The third-order valence-electron chi connectivity index (χ3n) is 2.77. The van der Waals surface area contributed by atoms with Crippen LogP contribution in [0.1, 0.15) is 58.3 Å². The average Bonchev–Trinajstić information content (AvgIpc) is 3.01. The summed E-state index contributed by atoms with van der Waals surface area (Å²) in [7, 11) is 0. The maximum Gasteiger partial charge on any atom is 0.238 e. The summed E-state index contributed by atoms with van der Waals surface area (Å²) in [6.07, 6.45) is 9.18. The zero-order valence-corrected chi connectivity index (χ0v) is 10.4. The molecule has 1 saturated carbocycles. The molecule has 0 aromatic heterocycles. The Labute approximate surface area is 97.8 Å². The maximum atomic E-state index is 11.5. The van der Waals surface area contributed by atoms with Crippen LogP contribution in [0.15, 0.2) is 0 Å². The van der Waals surface area contributed by atoms with Gasteiger partial charge in [0.2, 0.25) is 5.91 Å². The van der Waals surface area contributed by atoms with E-state index in [2.05, 4.69) is 12.2 Å². The molecule has 0 bridgehead atoms. The Balaban J connectivity index is 1.96. The van der Waals surface area contributed by atoms with Gasteiger partial charge < -0.3 is 5.32 Å². The Bertz CT molecular complexity index is 192. The number of unbranched alkanes of at least 4 members (excludes halogenated alkanes) is 4. The molecule has 0 spiro atoms. The van der Waals surface area contributed by atoms with Crippen LogP contribution in [-0.4, -0.2) is 17.3 Å². The quantitative estimate of drug-likeness (QED) is 0.504. The van der Waals surface area contributed by atoms with E-state index in [0.717, 1.165) is 25.7 Å². The van der Waals surface area contributed by atoms with Gasteiger partial charge in [0.05, 0.1) is 0 Å². The smallest absolute Gasteiger partial charge is 0.238 e. The lowest BCUT2D eigenvalue weighted by Crippen LogP contribution is -2.32. The van der Waals surface area contributed by atoms with Crippen molar-refractivity contribution in [3.63, 3.8) is 0 Å². The van der Waals surface area contributed by atoms with Crippen LogP contribution in [0, 0.1) is 0 Å². The minimum atomic E-state index is -0.313. The summed E-state index contributed by atoms with van der Waals surface area (Å²) in [5, 5.41) is 2.62. The molecule has 0 saturated heterocycles. The molecule has 1 N–H and O–H groups in total. The minimum Gasteiger partial charge on any atom is -0.352 e. The summed E-state index contributed by atoms with van der Waals surface area (Å²) in [5.74, 6) is 0.0367. The van der Waals surface area contributed by atoms with Crippen molar-refractivity contribution >= 4 is 17.5 Å². The molecule has 1 fully saturated rings. The molecule has 1 rings (SSSR count).